The van der Waals surface area contributed by atoms with E-state index in [0.717, 1.165) is 31.5 Å². The van der Waals surface area contributed by atoms with Crippen molar-refractivity contribution in [3.05, 3.63) is 61.3 Å². The minimum Gasteiger partial charge on any atom is -0.424 e. The first-order valence-electron chi connectivity index (χ1n) is 9.68. The molecule has 33 heavy (non-hydrogen) atoms. The lowest BCUT2D eigenvalue weighted by molar-refractivity contribution is -0.274. The lowest BCUT2D eigenvalue weighted by atomic mass is 10.1. The number of likely N-dealkylation sites (tertiary alicyclic amines) is 1. The first kappa shape index (κ1) is 22.0. The van der Waals surface area contributed by atoms with Gasteiger partial charge in [0.2, 0.25) is 0 Å². The number of carbonyl (C=O) groups excluding carboxylic acids is 1. The Morgan fingerprint density at radius 1 is 1.09 bits per heavy atom. The topological polar surface area (TPSA) is 102 Å². The fraction of sp³-hybridized carbons (Fsp3) is 0.190. The number of carbonyl (C=O) groups is 1. The van der Waals surface area contributed by atoms with Crippen molar-refractivity contribution in [1.82, 2.24) is 24.8 Å². The maximum Gasteiger partial charge on any atom is 0.573 e. The van der Waals surface area contributed by atoms with Crippen LogP contribution in [-0.4, -0.2) is 56.6 Å². The molecule has 3 heterocycles. The van der Waals surface area contributed by atoms with Gasteiger partial charge in [-0.15, -0.1) is 13.2 Å². The number of allylic oxidation sites excluding steroid dienone is 1. The van der Waals surface area contributed by atoms with Crippen molar-refractivity contribution in [1.29, 1.82) is 0 Å². The number of hydrogen-bond acceptors (Lipinski definition) is 9. The molecule has 0 saturated carbocycles. The molecule has 1 aliphatic rings. The minimum absolute atomic E-state index is 0.0527. The van der Waals surface area contributed by atoms with Gasteiger partial charge < -0.3 is 19.7 Å². The van der Waals surface area contributed by atoms with Crippen LogP contribution in [0.5, 0.6) is 17.5 Å². The zero-order valence-corrected chi connectivity index (χ0v) is 16.9. The second-order valence-corrected chi connectivity index (χ2v) is 6.94. The molecule has 4 rings (SSSR count). The lowest BCUT2D eigenvalue weighted by Crippen LogP contribution is -2.52. The van der Waals surface area contributed by atoms with E-state index in [1.807, 2.05) is 4.90 Å². The van der Waals surface area contributed by atoms with E-state index < -0.39 is 12.1 Å². The first-order valence-corrected chi connectivity index (χ1v) is 9.68. The molecule has 1 fully saturated rings. The average Bonchev–Trinajstić information content (AvgIpc) is 2.75. The van der Waals surface area contributed by atoms with E-state index in [2.05, 4.69) is 30.0 Å². The summed E-state index contributed by atoms with van der Waals surface area (Å²) in [5.74, 6) is 0.261. The van der Waals surface area contributed by atoms with Gasteiger partial charge in [-0.3, -0.25) is 9.78 Å². The summed E-state index contributed by atoms with van der Waals surface area (Å²) < 4.78 is 46.4. The Morgan fingerprint density at radius 3 is 2.58 bits per heavy atom. The molecule has 0 aliphatic carbocycles. The SMILES string of the molecule is O=CC=CN1CC(Nc2cncc(-c3cnc(Oc4cccc(OC(F)(F)F)c4)nc3)n2)C1. The zero-order chi connectivity index (χ0) is 23.3. The van der Waals surface area contributed by atoms with Crippen LogP contribution in [0, 0.1) is 0 Å². The first-order chi connectivity index (χ1) is 15.9. The molecular formula is C21H17F3N6O3. The Morgan fingerprint density at radius 2 is 1.85 bits per heavy atom. The third-order valence-electron chi connectivity index (χ3n) is 4.44. The van der Waals surface area contributed by atoms with Gasteiger partial charge in [0.1, 0.15) is 23.6 Å². The fourth-order valence-electron chi connectivity index (χ4n) is 3.01. The van der Waals surface area contributed by atoms with Crippen LogP contribution in [0.4, 0.5) is 19.0 Å². The van der Waals surface area contributed by atoms with E-state index in [1.165, 1.54) is 30.6 Å². The number of nitrogens with one attached hydrogen (secondary N) is 1. The number of aldehydes is 1. The molecule has 2 aromatic heterocycles. The standard InChI is InChI=1S/C21H17F3N6O3/c22-21(23,24)33-17-4-1-3-16(7-17)32-20-26-8-14(9-27-20)18-10-25-11-19(29-18)28-15-12-30(13-15)5-2-6-31/h1-11,15H,12-13H2,(H,28,29). The van der Waals surface area contributed by atoms with Crippen LogP contribution in [-0.2, 0) is 4.79 Å². The van der Waals surface area contributed by atoms with Crippen LogP contribution in [0.1, 0.15) is 0 Å². The van der Waals surface area contributed by atoms with E-state index in [-0.39, 0.29) is 17.8 Å². The molecule has 9 nitrogen and oxygen atoms in total. The number of hydrogen-bond donors (Lipinski definition) is 1. The van der Waals surface area contributed by atoms with Gasteiger partial charge in [0, 0.05) is 43.3 Å². The van der Waals surface area contributed by atoms with Crippen LogP contribution in [0.15, 0.2) is 61.3 Å². The van der Waals surface area contributed by atoms with Gasteiger partial charge in [0.05, 0.1) is 24.1 Å². The van der Waals surface area contributed by atoms with Crippen molar-refractivity contribution in [2.24, 2.45) is 0 Å². The largest absolute Gasteiger partial charge is 0.573 e. The van der Waals surface area contributed by atoms with Crippen molar-refractivity contribution in [3.63, 3.8) is 0 Å². The van der Waals surface area contributed by atoms with E-state index in [1.54, 1.807) is 18.6 Å². The number of anilines is 1. The number of ether oxygens (including phenoxy) is 2. The summed E-state index contributed by atoms with van der Waals surface area (Å²) in [7, 11) is 0. The Hall–Kier alpha value is -4.22. The summed E-state index contributed by atoms with van der Waals surface area (Å²) in [5.41, 5.74) is 1.11. The fourth-order valence-corrected chi connectivity index (χ4v) is 3.01. The van der Waals surface area contributed by atoms with E-state index in [0.29, 0.717) is 17.1 Å². The highest BCUT2D eigenvalue weighted by Crippen LogP contribution is 2.28. The number of alkyl halides is 3. The summed E-state index contributed by atoms with van der Waals surface area (Å²) >= 11 is 0. The van der Waals surface area contributed by atoms with E-state index in [9.17, 15) is 18.0 Å². The highest BCUT2D eigenvalue weighted by Gasteiger charge is 2.31. The maximum absolute atomic E-state index is 12.4. The molecule has 1 N–H and O–H groups in total. The molecule has 12 heteroatoms. The Labute approximate surface area is 185 Å². The maximum atomic E-state index is 12.4. The Balaban J connectivity index is 1.38. The quantitative estimate of drug-likeness (QED) is 0.402. The average molecular weight is 458 g/mol. The summed E-state index contributed by atoms with van der Waals surface area (Å²) in [6.07, 6.45) is 5.21. The smallest absolute Gasteiger partial charge is 0.424 e. The van der Waals surface area contributed by atoms with Gasteiger partial charge in [-0.1, -0.05) is 6.07 Å². The van der Waals surface area contributed by atoms with Crippen LogP contribution in [0.25, 0.3) is 11.3 Å². The molecule has 1 aromatic carbocycles. The van der Waals surface area contributed by atoms with Gasteiger partial charge in [-0.2, -0.15) is 0 Å². The highest BCUT2D eigenvalue weighted by atomic mass is 19.4. The molecule has 170 valence electrons. The van der Waals surface area contributed by atoms with Crippen molar-refractivity contribution >= 4 is 12.1 Å². The van der Waals surface area contributed by atoms with Crippen molar-refractivity contribution < 1.29 is 27.4 Å². The summed E-state index contributed by atoms with van der Waals surface area (Å²) in [6, 6.07) is 5.18. The Kier molecular flexibility index (Phi) is 6.33. The summed E-state index contributed by atoms with van der Waals surface area (Å²) in [6.45, 7) is 1.47. The van der Waals surface area contributed by atoms with Crippen molar-refractivity contribution in [2.45, 2.75) is 12.4 Å². The summed E-state index contributed by atoms with van der Waals surface area (Å²) in [5, 5.41) is 3.27. The summed E-state index contributed by atoms with van der Waals surface area (Å²) in [4.78, 5) is 29.2. The highest BCUT2D eigenvalue weighted by molar-refractivity contribution is 5.64. The number of halogens is 3. The molecule has 3 aromatic rings. The van der Waals surface area contributed by atoms with Gasteiger partial charge in [-0.25, -0.2) is 15.0 Å². The van der Waals surface area contributed by atoms with E-state index >= 15 is 0 Å². The van der Waals surface area contributed by atoms with E-state index in [4.69, 9.17) is 4.74 Å². The molecule has 0 atom stereocenters. The molecular weight excluding hydrogens is 441 g/mol. The second kappa shape index (κ2) is 9.51. The van der Waals surface area contributed by atoms with Gasteiger partial charge in [-0.05, 0) is 18.2 Å². The van der Waals surface area contributed by atoms with Gasteiger partial charge >= 0.3 is 12.4 Å². The number of rotatable bonds is 8. The molecule has 0 amide bonds. The number of nitrogens with zero attached hydrogens (tertiary/aromatic N) is 5. The number of benzene rings is 1. The van der Waals surface area contributed by atoms with Crippen LogP contribution >= 0.6 is 0 Å². The monoisotopic (exact) mass is 458 g/mol. The molecule has 0 radical (unpaired) electrons. The molecule has 0 spiro atoms. The molecule has 1 saturated heterocycles. The van der Waals surface area contributed by atoms with Crippen molar-refractivity contribution in [2.75, 3.05) is 18.4 Å². The Bertz CT molecular complexity index is 1130. The van der Waals surface area contributed by atoms with Crippen LogP contribution in [0.2, 0.25) is 0 Å². The predicted octanol–water partition coefficient (Wildman–Crippen LogP) is 3.43. The normalized spacial score (nSPS) is 14.1. The third kappa shape index (κ3) is 6.15. The minimum atomic E-state index is -4.80. The van der Waals surface area contributed by atoms with Gasteiger partial charge in [0.15, 0.2) is 0 Å². The molecule has 1 aliphatic heterocycles. The van der Waals surface area contributed by atoms with Crippen LogP contribution < -0.4 is 14.8 Å². The number of aromatic nitrogens is 4. The lowest BCUT2D eigenvalue weighted by Gasteiger charge is -2.39. The second-order valence-electron chi connectivity index (χ2n) is 6.94. The predicted molar refractivity (Wildman–Crippen MR) is 110 cm³/mol. The van der Waals surface area contributed by atoms with Crippen LogP contribution in [0.3, 0.4) is 0 Å². The van der Waals surface area contributed by atoms with Gasteiger partial charge in [0.25, 0.3) is 0 Å². The molecule has 0 unspecified atom stereocenters. The molecule has 0 bridgehead atoms. The zero-order valence-electron chi connectivity index (χ0n) is 16.9. The third-order valence-corrected chi connectivity index (χ3v) is 4.44. The van der Waals surface area contributed by atoms with Crippen molar-refractivity contribution in [3.8, 4) is 28.8 Å².